The highest BCUT2D eigenvalue weighted by molar-refractivity contribution is 6.58. The van der Waals surface area contributed by atoms with Crippen LogP contribution in [0.2, 0.25) is 0 Å². The van der Waals surface area contributed by atoms with Crippen molar-refractivity contribution in [1.82, 2.24) is 35.7 Å². The van der Waals surface area contributed by atoms with Crippen LogP contribution in [0.15, 0.2) is 22.7 Å². The summed E-state index contributed by atoms with van der Waals surface area (Å²) in [5, 5.41) is 16.0. The molecule has 128 valence electrons. The number of hydrogen-bond acceptors (Lipinski definition) is 8. The third kappa shape index (κ3) is 3.32. The highest BCUT2D eigenvalue weighted by Gasteiger charge is 2.28. The number of tetrazole rings is 1. The average molecular weight is 357 g/mol. The third-order valence-corrected chi connectivity index (χ3v) is 3.87. The number of hydrogen-bond donors (Lipinski definition) is 1. The summed E-state index contributed by atoms with van der Waals surface area (Å²) in [5.74, 6) is 0.276. The summed E-state index contributed by atoms with van der Waals surface area (Å²) >= 11 is 0. The molecule has 1 N–H and O–H groups in total. The lowest BCUT2D eigenvalue weighted by atomic mass is 9.42. The summed E-state index contributed by atoms with van der Waals surface area (Å²) in [6.45, 7) is 0.261. The van der Waals surface area contributed by atoms with Gasteiger partial charge in [-0.25, -0.2) is 0 Å². The van der Waals surface area contributed by atoms with Crippen LogP contribution in [0.1, 0.15) is 28.0 Å². The Morgan fingerprint density at radius 1 is 1.37 bits per heavy atom. The Morgan fingerprint density at radius 3 is 2.85 bits per heavy atom. The van der Waals surface area contributed by atoms with Crippen molar-refractivity contribution in [2.24, 2.45) is 7.05 Å². The molecular weight excluding hydrogens is 347 g/mol. The number of amides is 1. The lowest BCUT2D eigenvalue weighted by Gasteiger charge is -2.12. The number of fused-ring (bicyclic) bond motifs is 1. The number of aryl methyl sites for hydroxylation is 1. The first-order chi connectivity index (χ1) is 12.8. The summed E-state index contributed by atoms with van der Waals surface area (Å²) in [6.07, 6.45) is 0. The fourth-order valence-corrected chi connectivity index (χ4v) is 2.58. The number of carbonyl (C=O) groups is 1. The third-order valence-electron chi connectivity index (χ3n) is 3.87. The Hall–Kier alpha value is -3.11. The van der Waals surface area contributed by atoms with Crippen molar-refractivity contribution in [3.05, 3.63) is 35.4 Å². The molecular formula is C14H10B3N7O3. The second-order valence-corrected chi connectivity index (χ2v) is 6.05. The maximum absolute atomic E-state index is 12.2. The minimum atomic E-state index is -1.70. The summed E-state index contributed by atoms with van der Waals surface area (Å²) in [4.78, 5) is 17.5. The van der Waals surface area contributed by atoms with Gasteiger partial charge >= 0.3 is 0 Å². The summed E-state index contributed by atoms with van der Waals surface area (Å²) in [7, 11) is 18.2. The standard InChI is InChI=1S/C14H10B3N7O3/c1-24-21-10(20-23-24)11(25)18-8-5-26-9-4-6(2-3-7(8)9)12-19-13(22-27-12)14(15,16)17/h2-4,8H,5H2,1H3,(H,18,25)/t8-/m1/s1. The topological polar surface area (TPSA) is 121 Å². The molecule has 0 unspecified atom stereocenters. The molecule has 6 radical (unpaired) electrons. The second-order valence-electron chi connectivity index (χ2n) is 6.05. The van der Waals surface area contributed by atoms with Gasteiger partial charge in [-0.3, -0.25) is 4.79 Å². The SMILES string of the molecule is [B]C([B])([B])c1noc(-c2ccc3c(c2)OC[C@H]3NC(=O)c2nnn(C)n2)n1. The van der Waals surface area contributed by atoms with Crippen molar-refractivity contribution >= 4 is 29.4 Å². The van der Waals surface area contributed by atoms with Gasteiger partial charge in [0.05, 0.1) is 36.6 Å². The maximum atomic E-state index is 12.2. The van der Waals surface area contributed by atoms with E-state index in [9.17, 15) is 4.79 Å². The monoisotopic (exact) mass is 357 g/mol. The quantitative estimate of drug-likeness (QED) is 0.575. The molecule has 1 aromatic carbocycles. The molecule has 0 spiro atoms. The smallest absolute Gasteiger partial charge is 0.293 e. The first-order valence-corrected chi connectivity index (χ1v) is 7.84. The molecule has 27 heavy (non-hydrogen) atoms. The average Bonchev–Trinajstić information content (AvgIpc) is 3.33. The van der Waals surface area contributed by atoms with E-state index in [1.54, 1.807) is 25.2 Å². The fraction of sp³-hybridized carbons (Fsp3) is 0.286. The highest BCUT2D eigenvalue weighted by atomic mass is 16.5. The van der Waals surface area contributed by atoms with E-state index in [-0.39, 0.29) is 30.2 Å². The summed E-state index contributed by atoms with van der Waals surface area (Å²) in [5.41, 5.74) is 1.39. The Morgan fingerprint density at radius 2 is 2.19 bits per heavy atom. The molecule has 0 saturated carbocycles. The first-order valence-electron chi connectivity index (χ1n) is 7.84. The Bertz CT molecular complexity index is 1010. The Labute approximate surface area is 157 Å². The van der Waals surface area contributed by atoms with E-state index in [4.69, 9.17) is 32.8 Å². The zero-order chi connectivity index (χ0) is 19.2. The Balaban J connectivity index is 1.54. The zero-order valence-electron chi connectivity index (χ0n) is 14.2. The van der Waals surface area contributed by atoms with Crippen LogP contribution in [0.25, 0.3) is 11.5 Å². The van der Waals surface area contributed by atoms with Crippen molar-refractivity contribution < 1.29 is 14.1 Å². The number of benzene rings is 1. The highest BCUT2D eigenvalue weighted by Crippen LogP contribution is 2.35. The minimum absolute atomic E-state index is 0.0187. The van der Waals surface area contributed by atoms with Crippen LogP contribution in [0.3, 0.4) is 0 Å². The number of ether oxygens (including phenoxy) is 1. The van der Waals surface area contributed by atoms with Gasteiger partial charge in [0, 0.05) is 11.1 Å². The summed E-state index contributed by atoms with van der Waals surface area (Å²) in [6, 6.07) is 4.89. The zero-order valence-corrected chi connectivity index (χ0v) is 14.2. The minimum Gasteiger partial charge on any atom is -0.491 e. The van der Waals surface area contributed by atoms with Gasteiger partial charge in [0.15, 0.2) is 5.82 Å². The van der Waals surface area contributed by atoms with Gasteiger partial charge in [-0.1, -0.05) is 16.3 Å². The van der Waals surface area contributed by atoms with Crippen molar-refractivity contribution in [2.75, 3.05) is 6.61 Å². The second kappa shape index (κ2) is 6.25. The molecule has 1 amide bonds. The lowest BCUT2D eigenvalue weighted by molar-refractivity contribution is 0.0919. The molecule has 0 aliphatic carbocycles. The van der Waals surface area contributed by atoms with Crippen LogP contribution in [-0.2, 0) is 12.2 Å². The number of nitrogens with one attached hydrogen (secondary N) is 1. The number of nitrogens with zero attached hydrogens (tertiary/aromatic N) is 6. The van der Waals surface area contributed by atoms with Gasteiger partial charge in [-0.15, -0.1) is 10.2 Å². The van der Waals surface area contributed by atoms with Crippen LogP contribution in [0.4, 0.5) is 0 Å². The van der Waals surface area contributed by atoms with Crippen LogP contribution < -0.4 is 10.1 Å². The maximum Gasteiger partial charge on any atom is 0.293 e. The predicted molar refractivity (Wildman–Crippen MR) is 93.2 cm³/mol. The molecule has 0 bridgehead atoms. The van der Waals surface area contributed by atoms with Crippen LogP contribution in [0, 0.1) is 0 Å². The Kier molecular flexibility index (Phi) is 4.01. The van der Waals surface area contributed by atoms with Crippen molar-refractivity contribution in [3.8, 4) is 17.2 Å². The van der Waals surface area contributed by atoms with E-state index in [0.29, 0.717) is 11.3 Å². The van der Waals surface area contributed by atoms with E-state index in [0.717, 1.165) is 5.56 Å². The molecule has 10 nitrogen and oxygen atoms in total. The van der Waals surface area contributed by atoms with Gasteiger partial charge in [-0.2, -0.15) is 9.78 Å². The molecule has 4 rings (SSSR count). The van der Waals surface area contributed by atoms with Gasteiger partial charge in [0.2, 0.25) is 0 Å². The largest absolute Gasteiger partial charge is 0.491 e. The predicted octanol–water partition coefficient (Wildman–Crippen LogP) is -1.26. The molecule has 13 heteroatoms. The van der Waals surface area contributed by atoms with Crippen molar-refractivity contribution in [1.29, 1.82) is 0 Å². The molecule has 3 heterocycles. The molecule has 0 fully saturated rings. The van der Waals surface area contributed by atoms with E-state index in [1.807, 2.05) is 0 Å². The molecule has 1 aliphatic rings. The van der Waals surface area contributed by atoms with Gasteiger partial charge in [0.25, 0.3) is 17.6 Å². The van der Waals surface area contributed by atoms with Gasteiger partial charge in [-0.05, 0) is 17.3 Å². The van der Waals surface area contributed by atoms with Gasteiger partial charge in [0.1, 0.15) is 12.4 Å². The molecule has 2 aromatic heterocycles. The van der Waals surface area contributed by atoms with E-state index in [2.05, 4.69) is 30.9 Å². The van der Waals surface area contributed by atoms with Crippen LogP contribution >= 0.6 is 0 Å². The number of aromatic nitrogens is 6. The normalized spacial score (nSPS) is 16.0. The van der Waals surface area contributed by atoms with Crippen LogP contribution in [0.5, 0.6) is 5.75 Å². The molecule has 0 saturated heterocycles. The van der Waals surface area contributed by atoms with Crippen molar-refractivity contribution in [3.63, 3.8) is 0 Å². The fourth-order valence-electron chi connectivity index (χ4n) is 2.58. The molecule has 1 atom stereocenters. The van der Waals surface area contributed by atoms with Crippen molar-refractivity contribution in [2.45, 2.75) is 11.2 Å². The van der Waals surface area contributed by atoms with E-state index in [1.165, 1.54) is 4.80 Å². The first kappa shape index (κ1) is 17.3. The summed E-state index contributed by atoms with van der Waals surface area (Å²) < 4.78 is 10.8. The molecule has 1 aliphatic heterocycles. The van der Waals surface area contributed by atoms with E-state index < -0.39 is 11.0 Å². The van der Waals surface area contributed by atoms with E-state index >= 15 is 0 Å². The molecule has 3 aromatic rings. The number of carbonyl (C=O) groups excluding carboxylic acids is 1. The van der Waals surface area contributed by atoms with Gasteiger partial charge < -0.3 is 14.6 Å². The lowest BCUT2D eigenvalue weighted by Crippen LogP contribution is -2.30. The number of rotatable bonds is 4. The van der Waals surface area contributed by atoms with Crippen LogP contribution in [-0.4, -0.2) is 66.4 Å².